The van der Waals surface area contributed by atoms with E-state index in [1.54, 1.807) is 21.1 Å². The highest BCUT2D eigenvalue weighted by molar-refractivity contribution is 5.79. The summed E-state index contributed by atoms with van der Waals surface area (Å²) in [6.45, 7) is 5.83. The second-order valence-corrected chi connectivity index (χ2v) is 4.35. The van der Waals surface area contributed by atoms with E-state index in [9.17, 15) is 4.79 Å². The van der Waals surface area contributed by atoms with Gasteiger partial charge in [0.25, 0.3) is 0 Å². The molecule has 0 spiro atoms. The van der Waals surface area contributed by atoms with Crippen LogP contribution in [0, 0.1) is 0 Å². The summed E-state index contributed by atoms with van der Waals surface area (Å²) in [5.74, 6) is 1.41. The van der Waals surface area contributed by atoms with E-state index in [2.05, 4.69) is 25.6 Å². The quantitative estimate of drug-likeness (QED) is 0.741. The van der Waals surface area contributed by atoms with Crippen LogP contribution in [-0.2, 0) is 4.79 Å². The molecule has 1 rings (SSSR count). The van der Waals surface area contributed by atoms with Gasteiger partial charge < -0.3 is 20.4 Å². The van der Waals surface area contributed by atoms with Crippen LogP contribution in [0.5, 0.6) is 0 Å². The highest BCUT2D eigenvalue weighted by atomic mass is 16.2. The summed E-state index contributed by atoms with van der Waals surface area (Å²) in [5.41, 5.74) is 0. The molecule has 0 saturated heterocycles. The predicted octanol–water partition coefficient (Wildman–Crippen LogP) is 0.260. The second kappa shape index (κ2) is 7.46. The number of hydrogen-bond donors (Lipinski definition) is 2. The lowest BCUT2D eigenvalue weighted by molar-refractivity contribution is -0.126. The van der Waals surface area contributed by atoms with Gasteiger partial charge in [0.05, 0.1) is 6.54 Å². The molecule has 0 radical (unpaired) electrons. The lowest BCUT2D eigenvalue weighted by Gasteiger charge is -2.19. The number of carbonyl (C=O) groups excluding carboxylic acids is 1. The molecule has 0 bridgehead atoms. The minimum atomic E-state index is -0.0409. The van der Waals surface area contributed by atoms with Crippen molar-refractivity contribution in [2.75, 3.05) is 56.3 Å². The zero-order valence-corrected chi connectivity index (χ0v) is 12.8. The molecule has 0 aliphatic carbocycles. The molecule has 1 aromatic rings. The monoisotopic (exact) mass is 281 g/mol. The molecule has 0 saturated carbocycles. The van der Waals surface area contributed by atoms with Gasteiger partial charge in [0.15, 0.2) is 0 Å². The van der Waals surface area contributed by atoms with Crippen molar-refractivity contribution in [3.05, 3.63) is 0 Å². The van der Waals surface area contributed by atoms with Crippen LogP contribution in [0.4, 0.5) is 17.8 Å². The molecule has 0 unspecified atom stereocenters. The van der Waals surface area contributed by atoms with Gasteiger partial charge in [-0.2, -0.15) is 15.0 Å². The van der Waals surface area contributed by atoms with Crippen molar-refractivity contribution in [3.63, 3.8) is 0 Å². The minimum Gasteiger partial charge on any atom is -0.357 e. The Morgan fingerprint density at radius 3 is 2.20 bits per heavy atom. The Balaban J connectivity index is 2.90. The molecule has 1 amide bonds. The van der Waals surface area contributed by atoms with Crippen molar-refractivity contribution in [3.8, 4) is 0 Å². The number of amides is 1. The average Bonchev–Trinajstić information content (AvgIpc) is 2.45. The van der Waals surface area contributed by atoms with Crippen LogP contribution >= 0.6 is 0 Å². The van der Waals surface area contributed by atoms with E-state index in [-0.39, 0.29) is 12.5 Å². The van der Waals surface area contributed by atoms with Gasteiger partial charge in [-0.05, 0) is 13.8 Å². The Hall–Kier alpha value is -2.12. The van der Waals surface area contributed by atoms with Crippen LogP contribution in [0.1, 0.15) is 13.8 Å². The highest BCUT2D eigenvalue weighted by Gasteiger charge is 2.11. The van der Waals surface area contributed by atoms with Crippen molar-refractivity contribution < 1.29 is 4.79 Å². The number of nitrogens with one attached hydrogen (secondary N) is 2. The second-order valence-electron chi connectivity index (χ2n) is 4.35. The van der Waals surface area contributed by atoms with Crippen LogP contribution in [-0.4, -0.2) is 66.5 Å². The Morgan fingerprint density at radius 2 is 1.70 bits per heavy atom. The molecule has 0 aliphatic heterocycles. The van der Waals surface area contributed by atoms with E-state index >= 15 is 0 Å². The average molecular weight is 281 g/mol. The van der Waals surface area contributed by atoms with Gasteiger partial charge in [0, 0.05) is 34.2 Å². The van der Waals surface area contributed by atoms with Crippen LogP contribution in [0.15, 0.2) is 0 Å². The first kappa shape index (κ1) is 15.9. The Kier molecular flexibility index (Phi) is 5.95. The van der Waals surface area contributed by atoms with Gasteiger partial charge in [-0.1, -0.05) is 0 Å². The van der Waals surface area contributed by atoms with E-state index in [1.807, 2.05) is 18.7 Å². The van der Waals surface area contributed by atoms with Crippen molar-refractivity contribution in [1.82, 2.24) is 19.9 Å². The summed E-state index contributed by atoms with van der Waals surface area (Å²) in [4.78, 5) is 27.9. The lowest BCUT2D eigenvalue weighted by atomic mass is 10.5. The van der Waals surface area contributed by atoms with Crippen molar-refractivity contribution >= 4 is 23.8 Å². The maximum atomic E-state index is 11.6. The molecule has 8 heteroatoms. The minimum absolute atomic E-state index is 0.0409. The van der Waals surface area contributed by atoms with E-state index < -0.39 is 0 Å². The number of likely N-dealkylation sites (N-methyl/N-ethyl adjacent to an activating group) is 1. The third kappa shape index (κ3) is 4.22. The molecular weight excluding hydrogens is 258 g/mol. The molecular formula is C12H23N7O. The summed E-state index contributed by atoms with van der Waals surface area (Å²) in [6, 6.07) is 0. The maximum Gasteiger partial charge on any atom is 0.241 e. The number of anilines is 3. The number of rotatable bonds is 7. The molecule has 1 heterocycles. The van der Waals surface area contributed by atoms with E-state index in [0.717, 1.165) is 13.1 Å². The Bertz CT molecular complexity index is 445. The van der Waals surface area contributed by atoms with Crippen LogP contribution in [0.3, 0.4) is 0 Å². The molecule has 1 aromatic heterocycles. The van der Waals surface area contributed by atoms with E-state index in [4.69, 9.17) is 0 Å². The van der Waals surface area contributed by atoms with Crippen molar-refractivity contribution in [1.29, 1.82) is 0 Å². The standard InChI is InChI=1S/C12H23N7O/c1-6-19(7-2)12-16-10(13-3)15-11(17-12)14-8-9(20)18(4)5/h6-8H2,1-5H3,(H2,13,14,15,16,17). The molecule has 2 N–H and O–H groups in total. The molecule has 0 fully saturated rings. The normalized spacial score (nSPS) is 10.1. The van der Waals surface area contributed by atoms with Gasteiger partial charge in [0.2, 0.25) is 23.8 Å². The fourth-order valence-electron chi connectivity index (χ4n) is 1.52. The maximum absolute atomic E-state index is 11.6. The fourth-order valence-corrected chi connectivity index (χ4v) is 1.52. The highest BCUT2D eigenvalue weighted by Crippen LogP contribution is 2.12. The summed E-state index contributed by atoms with van der Waals surface area (Å²) < 4.78 is 0. The lowest BCUT2D eigenvalue weighted by Crippen LogP contribution is -2.30. The van der Waals surface area contributed by atoms with Crippen LogP contribution < -0.4 is 15.5 Å². The largest absolute Gasteiger partial charge is 0.357 e. The third-order valence-electron chi connectivity index (χ3n) is 2.79. The number of carbonyl (C=O) groups is 1. The molecule has 20 heavy (non-hydrogen) atoms. The van der Waals surface area contributed by atoms with Gasteiger partial charge >= 0.3 is 0 Å². The van der Waals surface area contributed by atoms with Crippen LogP contribution in [0.2, 0.25) is 0 Å². The van der Waals surface area contributed by atoms with Crippen LogP contribution in [0.25, 0.3) is 0 Å². The van der Waals surface area contributed by atoms with Gasteiger partial charge in [0.1, 0.15) is 0 Å². The third-order valence-corrected chi connectivity index (χ3v) is 2.79. The van der Waals surface area contributed by atoms with Gasteiger partial charge in [-0.3, -0.25) is 4.79 Å². The topological polar surface area (TPSA) is 86.3 Å². The first-order valence-corrected chi connectivity index (χ1v) is 6.64. The number of hydrogen-bond acceptors (Lipinski definition) is 7. The summed E-state index contributed by atoms with van der Waals surface area (Å²) >= 11 is 0. The zero-order chi connectivity index (χ0) is 15.1. The number of nitrogens with zero attached hydrogens (tertiary/aromatic N) is 5. The molecule has 112 valence electrons. The van der Waals surface area contributed by atoms with Gasteiger partial charge in [-0.25, -0.2) is 0 Å². The Labute approximate surface area is 119 Å². The van der Waals surface area contributed by atoms with E-state index in [0.29, 0.717) is 17.8 Å². The first-order valence-electron chi connectivity index (χ1n) is 6.64. The smallest absolute Gasteiger partial charge is 0.241 e. The number of aromatic nitrogens is 3. The summed E-state index contributed by atoms with van der Waals surface area (Å²) in [6.07, 6.45) is 0. The molecule has 0 aliphatic rings. The van der Waals surface area contributed by atoms with Crippen molar-refractivity contribution in [2.45, 2.75) is 13.8 Å². The molecule has 0 atom stereocenters. The van der Waals surface area contributed by atoms with Gasteiger partial charge in [-0.15, -0.1) is 0 Å². The SMILES string of the molecule is CCN(CC)c1nc(NC)nc(NCC(=O)N(C)C)n1. The van der Waals surface area contributed by atoms with E-state index in [1.165, 1.54) is 4.90 Å². The molecule has 8 nitrogen and oxygen atoms in total. The molecule has 0 aromatic carbocycles. The summed E-state index contributed by atoms with van der Waals surface area (Å²) in [5, 5.41) is 5.82. The summed E-state index contributed by atoms with van der Waals surface area (Å²) in [7, 11) is 5.16. The van der Waals surface area contributed by atoms with Crippen molar-refractivity contribution in [2.24, 2.45) is 0 Å². The first-order chi connectivity index (χ1) is 9.51. The zero-order valence-electron chi connectivity index (χ0n) is 12.8. The Morgan fingerprint density at radius 1 is 1.10 bits per heavy atom. The predicted molar refractivity (Wildman–Crippen MR) is 80.1 cm³/mol. The fraction of sp³-hybridized carbons (Fsp3) is 0.667.